The molecule has 192 valence electrons. The number of hydrogen-bond acceptors (Lipinski definition) is 5. The Hall–Kier alpha value is -2.30. The third kappa shape index (κ3) is 6.29. The van der Waals surface area contributed by atoms with E-state index in [0.29, 0.717) is 11.8 Å². The number of anilines is 1. The molecule has 6 nitrogen and oxygen atoms in total. The van der Waals surface area contributed by atoms with Crippen molar-refractivity contribution in [1.29, 1.82) is 0 Å². The molecule has 1 saturated carbocycles. The van der Waals surface area contributed by atoms with E-state index in [-0.39, 0.29) is 35.6 Å². The molecule has 4 rings (SSSR count). The summed E-state index contributed by atoms with van der Waals surface area (Å²) in [4.78, 5) is 0. The van der Waals surface area contributed by atoms with Crippen LogP contribution in [0.1, 0.15) is 42.9 Å². The number of piperidine rings is 1. The number of ether oxygens (including phenoxy) is 1. The van der Waals surface area contributed by atoms with E-state index in [0.717, 1.165) is 41.9 Å². The molecule has 1 heterocycles. The highest BCUT2D eigenvalue weighted by Crippen LogP contribution is 2.40. The van der Waals surface area contributed by atoms with E-state index >= 15 is 0 Å². The number of fused-ring (bicyclic) bond motifs is 1. The summed E-state index contributed by atoms with van der Waals surface area (Å²) >= 11 is 0. The maximum atomic E-state index is 13.1. The quantitative estimate of drug-likeness (QED) is 0.569. The predicted molar refractivity (Wildman–Crippen MR) is 130 cm³/mol. The van der Waals surface area contributed by atoms with E-state index < -0.39 is 16.4 Å². The molecule has 35 heavy (non-hydrogen) atoms. The lowest BCUT2D eigenvalue weighted by Crippen LogP contribution is -2.55. The van der Waals surface area contributed by atoms with E-state index in [1.807, 2.05) is 18.2 Å². The topological polar surface area (TPSA) is 70.7 Å². The van der Waals surface area contributed by atoms with Crippen molar-refractivity contribution in [3.8, 4) is 5.75 Å². The molecule has 4 unspecified atom stereocenters. The van der Waals surface area contributed by atoms with Crippen LogP contribution in [-0.4, -0.2) is 40.7 Å². The lowest BCUT2D eigenvalue weighted by molar-refractivity contribution is -0.274. The predicted octanol–water partition coefficient (Wildman–Crippen LogP) is 4.59. The summed E-state index contributed by atoms with van der Waals surface area (Å²) in [5, 5.41) is 7.20. The van der Waals surface area contributed by atoms with Crippen LogP contribution in [0.15, 0.2) is 48.5 Å². The number of rotatable bonds is 7. The number of hydrogen-bond donors (Lipinski definition) is 2. The maximum Gasteiger partial charge on any atom is 0.573 e. The fraction of sp³-hybridized carbons (Fsp3) is 0.520. The molecule has 2 N–H and O–H groups in total. The molecule has 2 aromatic rings. The molecule has 0 radical (unpaired) electrons. The summed E-state index contributed by atoms with van der Waals surface area (Å²) in [6, 6.07) is 14.0. The minimum Gasteiger partial charge on any atom is -0.405 e. The van der Waals surface area contributed by atoms with Crippen LogP contribution in [0.2, 0.25) is 0 Å². The normalized spacial score (nSPS) is 25.1. The Labute approximate surface area is 204 Å². The SMILES string of the molecule is CN(c1ccc(OC(F)(F)F)c(CNC2C(c3ccccc3)NCC3CCCCC32)c1)S(C)(=O)=O. The minimum atomic E-state index is -4.85. The minimum absolute atomic E-state index is 0.00600. The van der Waals surface area contributed by atoms with Gasteiger partial charge in [0.15, 0.2) is 0 Å². The van der Waals surface area contributed by atoms with Gasteiger partial charge >= 0.3 is 6.36 Å². The fourth-order valence-electron chi connectivity index (χ4n) is 5.41. The first kappa shape index (κ1) is 25.8. The summed E-state index contributed by atoms with van der Waals surface area (Å²) in [5.74, 6) is 0.565. The summed E-state index contributed by atoms with van der Waals surface area (Å²) in [6.45, 7) is 1.02. The van der Waals surface area contributed by atoms with Crippen molar-refractivity contribution in [2.75, 3.05) is 24.2 Å². The summed E-state index contributed by atoms with van der Waals surface area (Å²) in [6.07, 6.45) is 0.719. The van der Waals surface area contributed by atoms with Crippen LogP contribution in [0.4, 0.5) is 18.9 Å². The standard InChI is InChI=1S/C25H32F3N3O3S/c1-31(35(2,32)33)20-12-13-22(34-25(26,27)28)19(14-20)16-30-24-21-11-7-6-10-18(21)15-29-23(24)17-8-4-3-5-9-17/h3-5,8-9,12-14,18,21,23-24,29-30H,6-7,10-11,15-16H2,1-2H3. The number of sulfonamides is 1. The van der Waals surface area contributed by atoms with Crippen LogP contribution >= 0.6 is 0 Å². The van der Waals surface area contributed by atoms with Crippen molar-refractivity contribution in [3.05, 3.63) is 59.7 Å². The van der Waals surface area contributed by atoms with Gasteiger partial charge in [-0.3, -0.25) is 4.31 Å². The molecule has 1 aliphatic heterocycles. The number of alkyl halides is 3. The number of benzene rings is 2. The number of nitrogens with zero attached hydrogens (tertiary/aromatic N) is 1. The Kier molecular flexibility index (Phi) is 7.63. The number of halogens is 3. The van der Waals surface area contributed by atoms with Gasteiger partial charge in [0, 0.05) is 31.2 Å². The molecule has 1 aliphatic carbocycles. The van der Waals surface area contributed by atoms with E-state index in [4.69, 9.17) is 0 Å². The van der Waals surface area contributed by atoms with Crippen LogP contribution in [0.5, 0.6) is 5.75 Å². The lowest BCUT2D eigenvalue weighted by atomic mass is 9.69. The first-order valence-electron chi connectivity index (χ1n) is 11.9. The molecule has 0 bridgehead atoms. The number of nitrogens with one attached hydrogen (secondary N) is 2. The van der Waals surface area contributed by atoms with Crippen LogP contribution < -0.4 is 19.7 Å². The molecule has 0 spiro atoms. The largest absolute Gasteiger partial charge is 0.573 e. The molecular formula is C25H32F3N3O3S. The fourth-order valence-corrected chi connectivity index (χ4v) is 5.91. The second kappa shape index (κ2) is 10.4. The smallest absolute Gasteiger partial charge is 0.405 e. The Balaban J connectivity index is 1.64. The van der Waals surface area contributed by atoms with E-state index in [2.05, 4.69) is 27.5 Å². The average molecular weight is 512 g/mol. The molecule has 2 fully saturated rings. The third-order valence-electron chi connectivity index (χ3n) is 7.21. The van der Waals surface area contributed by atoms with Crippen molar-refractivity contribution >= 4 is 15.7 Å². The van der Waals surface area contributed by atoms with Gasteiger partial charge in [0.2, 0.25) is 10.0 Å². The Morgan fingerprint density at radius 2 is 1.83 bits per heavy atom. The molecule has 0 aromatic heterocycles. The zero-order valence-corrected chi connectivity index (χ0v) is 20.7. The first-order chi connectivity index (χ1) is 16.5. The summed E-state index contributed by atoms with van der Waals surface area (Å²) in [5.41, 5.74) is 1.65. The van der Waals surface area contributed by atoms with Gasteiger partial charge in [-0.15, -0.1) is 13.2 Å². The van der Waals surface area contributed by atoms with Crippen molar-refractivity contribution < 1.29 is 26.3 Å². The molecular weight excluding hydrogens is 479 g/mol. The Morgan fingerprint density at radius 1 is 1.11 bits per heavy atom. The van der Waals surface area contributed by atoms with Crippen molar-refractivity contribution in [3.63, 3.8) is 0 Å². The highest BCUT2D eigenvalue weighted by molar-refractivity contribution is 7.92. The van der Waals surface area contributed by atoms with Gasteiger partial charge in [-0.25, -0.2) is 8.42 Å². The highest BCUT2D eigenvalue weighted by Gasteiger charge is 2.41. The molecule has 2 aromatic carbocycles. The van der Waals surface area contributed by atoms with Gasteiger partial charge in [0.05, 0.1) is 11.9 Å². The van der Waals surface area contributed by atoms with Crippen LogP contribution in [0, 0.1) is 11.8 Å². The molecule has 0 amide bonds. The first-order valence-corrected chi connectivity index (χ1v) is 13.7. The van der Waals surface area contributed by atoms with Crippen LogP contribution in [0.3, 0.4) is 0 Å². The Bertz CT molecular complexity index is 1110. The van der Waals surface area contributed by atoms with E-state index in [9.17, 15) is 21.6 Å². The van der Waals surface area contributed by atoms with Crippen molar-refractivity contribution in [2.24, 2.45) is 11.8 Å². The zero-order valence-electron chi connectivity index (χ0n) is 19.9. The molecule has 1 saturated heterocycles. The third-order valence-corrected chi connectivity index (χ3v) is 8.41. The van der Waals surface area contributed by atoms with Gasteiger partial charge in [-0.1, -0.05) is 43.2 Å². The average Bonchev–Trinajstić information content (AvgIpc) is 2.81. The van der Waals surface area contributed by atoms with Gasteiger partial charge in [0.1, 0.15) is 5.75 Å². The Morgan fingerprint density at radius 3 is 2.51 bits per heavy atom. The van der Waals surface area contributed by atoms with Gasteiger partial charge in [0.25, 0.3) is 0 Å². The van der Waals surface area contributed by atoms with Crippen LogP contribution in [-0.2, 0) is 16.6 Å². The van der Waals surface area contributed by atoms with E-state index in [1.54, 1.807) is 0 Å². The van der Waals surface area contributed by atoms with Crippen molar-refractivity contribution in [2.45, 2.75) is 50.7 Å². The second-order valence-electron chi connectivity index (χ2n) is 9.48. The van der Waals surface area contributed by atoms with Gasteiger partial charge in [-0.2, -0.15) is 0 Å². The maximum absolute atomic E-state index is 13.1. The van der Waals surface area contributed by atoms with E-state index in [1.165, 1.54) is 31.7 Å². The zero-order chi connectivity index (χ0) is 25.2. The van der Waals surface area contributed by atoms with Crippen LogP contribution in [0.25, 0.3) is 0 Å². The van der Waals surface area contributed by atoms with Gasteiger partial charge < -0.3 is 15.4 Å². The highest BCUT2D eigenvalue weighted by atomic mass is 32.2. The monoisotopic (exact) mass is 511 g/mol. The molecule has 4 atom stereocenters. The van der Waals surface area contributed by atoms with Crippen molar-refractivity contribution in [1.82, 2.24) is 10.6 Å². The second-order valence-corrected chi connectivity index (χ2v) is 11.5. The molecule has 2 aliphatic rings. The van der Waals surface area contributed by atoms with Gasteiger partial charge in [-0.05, 0) is 55.0 Å². The lowest BCUT2D eigenvalue weighted by Gasteiger charge is -2.47. The summed E-state index contributed by atoms with van der Waals surface area (Å²) < 4.78 is 68.7. The molecule has 10 heteroatoms. The summed E-state index contributed by atoms with van der Waals surface area (Å²) in [7, 11) is -2.21.